The van der Waals surface area contributed by atoms with Gasteiger partial charge in [0.25, 0.3) is 0 Å². The lowest BCUT2D eigenvalue weighted by molar-refractivity contribution is 0.520. The van der Waals surface area contributed by atoms with Crippen molar-refractivity contribution < 1.29 is 0 Å². The predicted octanol–water partition coefficient (Wildman–Crippen LogP) is 2.33. The molecule has 1 heterocycles. The van der Waals surface area contributed by atoms with Gasteiger partial charge in [-0.1, -0.05) is 29.3 Å². The predicted molar refractivity (Wildman–Crippen MR) is 68.3 cm³/mol. The highest BCUT2D eigenvalue weighted by Gasteiger charge is 2.14. The van der Waals surface area contributed by atoms with Crippen molar-refractivity contribution in [2.24, 2.45) is 5.73 Å². The lowest BCUT2D eigenvalue weighted by Gasteiger charge is -2.16. The zero-order valence-corrected chi connectivity index (χ0v) is 10.6. The molecule has 0 spiro atoms. The van der Waals surface area contributed by atoms with E-state index < -0.39 is 0 Å². The van der Waals surface area contributed by atoms with Gasteiger partial charge < -0.3 is 5.73 Å². The van der Waals surface area contributed by atoms with E-state index in [4.69, 9.17) is 28.9 Å². The molecule has 2 aromatic rings. The minimum absolute atomic E-state index is 0.0986. The fourth-order valence-electron chi connectivity index (χ4n) is 1.69. The van der Waals surface area contributed by atoms with Crippen LogP contribution in [0.4, 0.5) is 0 Å². The molecule has 2 rings (SSSR count). The molecule has 1 aromatic heterocycles. The van der Waals surface area contributed by atoms with Crippen LogP contribution in [-0.2, 0) is 6.54 Å². The van der Waals surface area contributed by atoms with E-state index in [0.717, 1.165) is 5.56 Å². The van der Waals surface area contributed by atoms with Crippen molar-refractivity contribution in [3.8, 4) is 0 Å². The summed E-state index contributed by atoms with van der Waals surface area (Å²) in [5.41, 5.74) is 6.76. The summed E-state index contributed by atoms with van der Waals surface area (Å²) in [4.78, 5) is 3.90. The van der Waals surface area contributed by atoms with Crippen molar-refractivity contribution in [1.29, 1.82) is 0 Å². The van der Waals surface area contributed by atoms with E-state index in [1.165, 1.54) is 6.33 Å². The Morgan fingerprint density at radius 1 is 1.35 bits per heavy atom. The van der Waals surface area contributed by atoms with Crippen LogP contribution < -0.4 is 5.73 Å². The number of hydrogen-bond acceptors (Lipinski definition) is 3. The number of aromatic nitrogens is 3. The molecule has 0 amide bonds. The van der Waals surface area contributed by atoms with Crippen molar-refractivity contribution >= 4 is 23.2 Å². The number of halogens is 2. The zero-order chi connectivity index (χ0) is 12.3. The monoisotopic (exact) mass is 270 g/mol. The summed E-state index contributed by atoms with van der Waals surface area (Å²) in [6, 6.07) is 5.44. The standard InChI is InChI=1S/C11H12Cl2N4/c12-9-1-2-10(11(13)3-9)8(4-14)5-17-7-15-6-16-17/h1-3,6-8H,4-5,14H2. The first kappa shape index (κ1) is 12.4. The Labute approximate surface area is 109 Å². The maximum absolute atomic E-state index is 6.16. The van der Waals surface area contributed by atoms with Crippen molar-refractivity contribution in [3.63, 3.8) is 0 Å². The van der Waals surface area contributed by atoms with Crippen LogP contribution in [0.2, 0.25) is 10.0 Å². The zero-order valence-electron chi connectivity index (χ0n) is 9.05. The van der Waals surface area contributed by atoms with Crippen LogP contribution in [0.5, 0.6) is 0 Å². The first-order valence-electron chi connectivity index (χ1n) is 5.18. The Balaban J connectivity index is 2.23. The summed E-state index contributed by atoms with van der Waals surface area (Å²) in [5.74, 6) is 0.0986. The summed E-state index contributed by atoms with van der Waals surface area (Å²) >= 11 is 12.0. The molecule has 4 nitrogen and oxygen atoms in total. The highest BCUT2D eigenvalue weighted by Crippen LogP contribution is 2.27. The van der Waals surface area contributed by atoms with Crippen LogP contribution in [0.3, 0.4) is 0 Å². The molecule has 1 atom stereocenters. The van der Waals surface area contributed by atoms with Crippen molar-refractivity contribution in [2.75, 3.05) is 6.54 Å². The Morgan fingerprint density at radius 2 is 2.18 bits per heavy atom. The van der Waals surface area contributed by atoms with Gasteiger partial charge in [-0.25, -0.2) is 4.98 Å². The lowest BCUT2D eigenvalue weighted by atomic mass is 9.99. The number of hydrogen-bond donors (Lipinski definition) is 1. The van der Waals surface area contributed by atoms with Gasteiger partial charge in [-0.2, -0.15) is 5.10 Å². The van der Waals surface area contributed by atoms with Crippen LogP contribution in [0.15, 0.2) is 30.9 Å². The van der Waals surface area contributed by atoms with E-state index >= 15 is 0 Å². The number of nitrogens with zero attached hydrogens (tertiary/aromatic N) is 3. The van der Waals surface area contributed by atoms with Gasteiger partial charge in [0.1, 0.15) is 12.7 Å². The molecule has 0 saturated heterocycles. The normalized spacial score (nSPS) is 12.6. The van der Waals surface area contributed by atoms with E-state index in [1.54, 1.807) is 17.1 Å². The first-order valence-corrected chi connectivity index (χ1v) is 5.93. The minimum Gasteiger partial charge on any atom is -0.330 e. The number of nitrogens with two attached hydrogens (primary N) is 1. The Hall–Kier alpha value is -1.10. The van der Waals surface area contributed by atoms with E-state index in [2.05, 4.69) is 10.1 Å². The lowest BCUT2D eigenvalue weighted by Crippen LogP contribution is -2.19. The third-order valence-electron chi connectivity index (χ3n) is 2.56. The fraction of sp³-hybridized carbons (Fsp3) is 0.273. The minimum atomic E-state index is 0.0986. The molecule has 0 saturated carbocycles. The molecule has 1 aromatic carbocycles. The molecule has 0 aliphatic carbocycles. The summed E-state index contributed by atoms with van der Waals surface area (Å²) in [6.07, 6.45) is 3.16. The molecule has 0 radical (unpaired) electrons. The molecular formula is C11H12Cl2N4. The van der Waals surface area contributed by atoms with Crippen molar-refractivity contribution in [1.82, 2.24) is 14.8 Å². The smallest absolute Gasteiger partial charge is 0.137 e. The highest BCUT2D eigenvalue weighted by molar-refractivity contribution is 6.35. The first-order chi connectivity index (χ1) is 8.20. The van der Waals surface area contributed by atoms with Gasteiger partial charge in [-0.15, -0.1) is 0 Å². The molecular weight excluding hydrogens is 259 g/mol. The second-order valence-corrected chi connectivity index (χ2v) is 4.56. The number of benzene rings is 1. The Morgan fingerprint density at radius 3 is 2.76 bits per heavy atom. The third-order valence-corrected chi connectivity index (χ3v) is 3.12. The van der Waals surface area contributed by atoms with Gasteiger partial charge in [0.05, 0.1) is 6.54 Å². The fourth-order valence-corrected chi connectivity index (χ4v) is 2.25. The SMILES string of the molecule is NCC(Cn1cncn1)c1ccc(Cl)cc1Cl. The summed E-state index contributed by atoms with van der Waals surface area (Å²) in [7, 11) is 0. The average Bonchev–Trinajstić information content (AvgIpc) is 2.79. The maximum Gasteiger partial charge on any atom is 0.137 e. The molecule has 0 fully saturated rings. The second kappa shape index (κ2) is 5.49. The van der Waals surface area contributed by atoms with Gasteiger partial charge in [0.2, 0.25) is 0 Å². The van der Waals surface area contributed by atoms with Gasteiger partial charge in [-0.3, -0.25) is 4.68 Å². The van der Waals surface area contributed by atoms with Crippen LogP contribution in [0.1, 0.15) is 11.5 Å². The summed E-state index contributed by atoms with van der Waals surface area (Å²) in [6.45, 7) is 1.14. The van der Waals surface area contributed by atoms with Crippen LogP contribution in [0, 0.1) is 0 Å². The molecule has 6 heteroatoms. The molecule has 0 aliphatic rings. The summed E-state index contributed by atoms with van der Waals surface area (Å²) in [5, 5.41) is 5.31. The quantitative estimate of drug-likeness (QED) is 0.928. The number of rotatable bonds is 4. The maximum atomic E-state index is 6.16. The van der Waals surface area contributed by atoms with Crippen molar-refractivity contribution in [2.45, 2.75) is 12.5 Å². The molecule has 1 unspecified atom stereocenters. The molecule has 0 aliphatic heterocycles. The highest BCUT2D eigenvalue weighted by atomic mass is 35.5. The van der Waals surface area contributed by atoms with Gasteiger partial charge in [0, 0.05) is 22.5 Å². The van der Waals surface area contributed by atoms with Crippen LogP contribution >= 0.6 is 23.2 Å². The third kappa shape index (κ3) is 2.97. The van der Waals surface area contributed by atoms with E-state index in [-0.39, 0.29) is 5.92 Å². The summed E-state index contributed by atoms with van der Waals surface area (Å²) < 4.78 is 1.74. The molecule has 2 N–H and O–H groups in total. The van der Waals surface area contributed by atoms with E-state index in [9.17, 15) is 0 Å². The molecule has 17 heavy (non-hydrogen) atoms. The Bertz CT molecular complexity index is 484. The Kier molecular flexibility index (Phi) is 3.99. The average molecular weight is 271 g/mol. The second-order valence-electron chi connectivity index (χ2n) is 3.72. The van der Waals surface area contributed by atoms with E-state index in [0.29, 0.717) is 23.1 Å². The van der Waals surface area contributed by atoms with Gasteiger partial charge >= 0.3 is 0 Å². The van der Waals surface area contributed by atoms with Gasteiger partial charge in [-0.05, 0) is 17.7 Å². The van der Waals surface area contributed by atoms with Crippen LogP contribution in [0.25, 0.3) is 0 Å². The van der Waals surface area contributed by atoms with Crippen LogP contribution in [-0.4, -0.2) is 21.3 Å². The molecule has 90 valence electrons. The topological polar surface area (TPSA) is 56.7 Å². The largest absolute Gasteiger partial charge is 0.330 e. The van der Waals surface area contributed by atoms with Gasteiger partial charge in [0.15, 0.2) is 0 Å². The van der Waals surface area contributed by atoms with E-state index in [1.807, 2.05) is 12.1 Å². The molecule has 0 bridgehead atoms. The van der Waals surface area contributed by atoms with Crippen molar-refractivity contribution in [3.05, 3.63) is 46.5 Å².